The summed E-state index contributed by atoms with van der Waals surface area (Å²) in [6.07, 6.45) is 4.92. The highest BCUT2D eigenvalue weighted by Gasteiger charge is 2.21. The fourth-order valence-corrected chi connectivity index (χ4v) is 4.37. The maximum atomic E-state index is 14.5. The Balaban J connectivity index is 1.86. The number of benzene rings is 1. The van der Waals surface area contributed by atoms with Crippen molar-refractivity contribution in [2.45, 2.75) is 4.90 Å². The lowest BCUT2D eigenvalue weighted by atomic mass is 10.1. The minimum Gasteiger partial charge on any atom is -0.379 e. The van der Waals surface area contributed by atoms with Gasteiger partial charge in [0.05, 0.1) is 29.6 Å². The number of aryl methyl sites for hydroxylation is 1. The number of aromatic amines is 1. The normalized spacial score (nSPS) is 18.6. The van der Waals surface area contributed by atoms with E-state index < -0.39 is 15.7 Å². The molecular weight excluding hydrogens is 413 g/mol. The summed E-state index contributed by atoms with van der Waals surface area (Å²) in [7, 11) is -0.429. The number of sulfone groups is 1. The van der Waals surface area contributed by atoms with E-state index in [-0.39, 0.29) is 47.5 Å². The molecular formula is C19H20FN5O4S. The number of amides is 1. The Labute approximate surface area is 172 Å². The molecule has 0 radical (unpaired) electrons. The number of halogens is 1. The van der Waals surface area contributed by atoms with Gasteiger partial charge in [0.25, 0.3) is 5.91 Å². The summed E-state index contributed by atoms with van der Waals surface area (Å²) in [5.74, 6) is -1.30. The minimum absolute atomic E-state index is 0.0724. The van der Waals surface area contributed by atoms with E-state index in [1.54, 1.807) is 32.4 Å². The van der Waals surface area contributed by atoms with E-state index in [0.717, 1.165) is 6.07 Å². The number of aromatic nitrogens is 4. The predicted molar refractivity (Wildman–Crippen MR) is 108 cm³/mol. The molecule has 1 aliphatic heterocycles. The molecule has 0 unspecified atom stereocenters. The van der Waals surface area contributed by atoms with Gasteiger partial charge in [-0.2, -0.15) is 10.2 Å². The second-order valence-electron chi connectivity index (χ2n) is 7.03. The molecule has 4 rings (SSSR count). The number of carbonyl (C=O) groups excluding carboxylic acids is 1. The highest BCUT2D eigenvalue weighted by molar-refractivity contribution is 7.91. The van der Waals surface area contributed by atoms with Gasteiger partial charge in [-0.1, -0.05) is 0 Å². The first kappa shape index (κ1) is 20.2. The molecule has 0 atom stereocenters. The fraction of sp³-hybridized carbons (Fsp3) is 0.316. The average molecular weight is 433 g/mol. The number of fused-ring (bicyclic) bond motifs is 2. The summed E-state index contributed by atoms with van der Waals surface area (Å²) in [4.78, 5) is 14.1. The van der Waals surface area contributed by atoms with E-state index in [1.807, 2.05) is 0 Å². The number of hydrogen-bond donors (Lipinski definition) is 1. The summed E-state index contributed by atoms with van der Waals surface area (Å²) in [6.45, 7) is 0.356. The van der Waals surface area contributed by atoms with Gasteiger partial charge in [-0.25, -0.2) is 12.8 Å². The van der Waals surface area contributed by atoms with Crippen molar-refractivity contribution in [3.63, 3.8) is 0 Å². The van der Waals surface area contributed by atoms with Crippen LogP contribution in [0.15, 0.2) is 23.2 Å². The molecule has 0 saturated carbocycles. The van der Waals surface area contributed by atoms with Gasteiger partial charge in [0.15, 0.2) is 15.5 Å². The highest BCUT2D eigenvalue weighted by atomic mass is 32.2. The zero-order valence-corrected chi connectivity index (χ0v) is 17.2. The van der Waals surface area contributed by atoms with E-state index in [0.29, 0.717) is 16.6 Å². The molecule has 1 aliphatic rings. The molecule has 11 heteroatoms. The predicted octanol–water partition coefficient (Wildman–Crippen LogP) is 1.48. The highest BCUT2D eigenvalue weighted by Crippen LogP contribution is 2.26. The zero-order valence-electron chi connectivity index (χ0n) is 16.4. The van der Waals surface area contributed by atoms with Crippen molar-refractivity contribution in [3.8, 4) is 0 Å². The molecule has 0 spiro atoms. The molecule has 2 bridgehead atoms. The first-order valence-electron chi connectivity index (χ1n) is 9.21. The van der Waals surface area contributed by atoms with Crippen LogP contribution in [0, 0.1) is 5.82 Å². The van der Waals surface area contributed by atoms with Crippen LogP contribution in [0.25, 0.3) is 23.1 Å². The van der Waals surface area contributed by atoms with E-state index in [4.69, 9.17) is 4.74 Å². The molecule has 3 heterocycles. The Kier molecular flexibility index (Phi) is 5.16. The topological polar surface area (TPSA) is 110 Å². The van der Waals surface area contributed by atoms with Crippen LogP contribution in [-0.2, 0) is 21.6 Å². The third kappa shape index (κ3) is 3.73. The Hall–Kier alpha value is -3.05. The van der Waals surface area contributed by atoms with Crippen LogP contribution in [0.5, 0.6) is 0 Å². The molecule has 30 heavy (non-hydrogen) atoms. The first-order valence-corrected chi connectivity index (χ1v) is 10.9. The van der Waals surface area contributed by atoms with Gasteiger partial charge in [0.1, 0.15) is 11.3 Å². The van der Waals surface area contributed by atoms with Crippen LogP contribution >= 0.6 is 0 Å². The molecule has 3 aromatic rings. The monoisotopic (exact) mass is 433 g/mol. The molecule has 1 amide bonds. The molecule has 1 aromatic carbocycles. The number of rotatable bonds is 0. The summed E-state index contributed by atoms with van der Waals surface area (Å²) in [5, 5.41) is 11.3. The van der Waals surface area contributed by atoms with Crippen molar-refractivity contribution in [1.82, 2.24) is 24.9 Å². The van der Waals surface area contributed by atoms with Crippen LogP contribution in [-0.4, -0.2) is 71.8 Å². The van der Waals surface area contributed by atoms with Crippen LogP contribution in [0.2, 0.25) is 0 Å². The smallest absolute Gasteiger partial charge is 0.274 e. The van der Waals surface area contributed by atoms with Crippen molar-refractivity contribution in [2.24, 2.45) is 7.05 Å². The van der Waals surface area contributed by atoms with Crippen molar-refractivity contribution in [2.75, 3.05) is 32.6 Å². The number of H-pyrrole nitrogens is 1. The lowest BCUT2D eigenvalue weighted by Crippen LogP contribution is -2.31. The van der Waals surface area contributed by atoms with Crippen molar-refractivity contribution in [1.29, 1.82) is 0 Å². The van der Waals surface area contributed by atoms with E-state index in [2.05, 4.69) is 15.3 Å². The number of likely N-dealkylation sites (N-methyl/N-ethyl adjacent to an activating group) is 1. The third-order valence-electron chi connectivity index (χ3n) is 4.88. The summed E-state index contributed by atoms with van der Waals surface area (Å²) >= 11 is 0. The number of nitrogens with one attached hydrogen (secondary N) is 1. The Morgan fingerprint density at radius 3 is 2.80 bits per heavy atom. The van der Waals surface area contributed by atoms with Gasteiger partial charge in [0, 0.05) is 37.8 Å². The summed E-state index contributed by atoms with van der Waals surface area (Å²) < 4.78 is 46.7. The lowest BCUT2D eigenvalue weighted by molar-refractivity contribution is 0.0705. The Bertz CT molecular complexity index is 1260. The summed E-state index contributed by atoms with van der Waals surface area (Å²) in [6, 6.07) is 2.38. The SMILES string of the molecule is CN1CCOCCS(=O)(=O)c2cc(F)c3[nH]nc(c3c2)/C=C/c2cn(C)nc2C1=O. The maximum absolute atomic E-state index is 14.5. The molecule has 0 fully saturated rings. The largest absolute Gasteiger partial charge is 0.379 e. The number of hydrogen-bond acceptors (Lipinski definition) is 6. The van der Waals surface area contributed by atoms with Gasteiger partial charge < -0.3 is 9.64 Å². The zero-order chi connectivity index (χ0) is 21.5. The maximum Gasteiger partial charge on any atom is 0.274 e. The van der Waals surface area contributed by atoms with Crippen molar-refractivity contribution in [3.05, 3.63) is 41.1 Å². The molecule has 1 N–H and O–H groups in total. The average Bonchev–Trinajstić information content (AvgIpc) is 3.28. The van der Waals surface area contributed by atoms with Crippen LogP contribution < -0.4 is 0 Å². The van der Waals surface area contributed by atoms with Gasteiger partial charge in [-0.15, -0.1) is 0 Å². The van der Waals surface area contributed by atoms with Crippen molar-refractivity contribution >= 4 is 38.8 Å². The van der Waals surface area contributed by atoms with Crippen LogP contribution in [0.3, 0.4) is 0 Å². The molecule has 158 valence electrons. The van der Waals surface area contributed by atoms with E-state index in [9.17, 15) is 17.6 Å². The van der Waals surface area contributed by atoms with Crippen molar-refractivity contribution < 1.29 is 22.3 Å². The number of nitrogens with zero attached hydrogens (tertiary/aromatic N) is 4. The van der Waals surface area contributed by atoms with E-state index >= 15 is 0 Å². The standard InChI is InChI=1S/C19H20FN5O4S/c1-24-5-6-29-7-8-30(27,28)13-9-14-16(21-22-18(14)15(20)10-13)4-3-12-11-25(2)23-17(12)19(24)26/h3-4,9-11H,5-8H2,1-2H3,(H,21,22)/b4-3+. The minimum atomic E-state index is -3.76. The van der Waals surface area contributed by atoms with Gasteiger partial charge >= 0.3 is 0 Å². The van der Waals surface area contributed by atoms with Crippen LogP contribution in [0.4, 0.5) is 4.39 Å². The van der Waals surface area contributed by atoms with E-state index in [1.165, 1.54) is 15.6 Å². The molecule has 0 aliphatic carbocycles. The second-order valence-corrected chi connectivity index (χ2v) is 9.14. The van der Waals surface area contributed by atoms with Gasteiger partial charge in [-0.05, 0) is 24.3 Å². The molecule has 2 aromatic heterocycles. The van der Waals surface area contributed by atoms with Gasteiger partial charge in [-0.3, -0.25) is 14.6 Å². The molecule has 9 nitrogen and oxygen atoms in total. The Morgan fingerprint density at radius 2 is 2.00 bits per heavy atom. The first-order chi connectivity index (χ1) is 14.3. The fourth-order valence-electron chi connectivity index (χ4n) is 3.22. The van der Waals surface area contributed by atoms with Crippen LogP contribution in [0.1, 0.15) is 21.7 Å². The lowest BCUT2D eigenvalue weighted by Gasteiger charge is -2.16. The second kappa shape index (κ2) is 7.65. The number of ether oxygens (including phenoxy) is 1. The molecule has 0 saturated heterocycles. The third-order valence-corrected chi connectivity index (χ3v) is 6.54. The summed E-state index contributed by atoms with van der Waals surface area (Å²) in [5.41, 5.74) is 1.27. The quantitative estimate of drug-likeness (QED) is 0.575. The Morgan fingerprint density at radius 1 is 1.20 bits per heavy atom. The van der Waals surface area contributed by atoms with Gasteiger partial charge in [0.2, 0.25) is 0 Å². The number of carbonyl (C=O) groups is 1.